The lowest BCUT2D eigenvalue weighted by Crippen LogP contribution is -2.22. The number of hydrogen-bond acceptors (Lipinski definition) is 5. The molecular formula is C17H16Cl2N2O5S. The molecule has 144 valence electrons. The molecule has 0 atom stereocenters. The van der Waals surface area contributed by atoms with Crippen LogP contribution in [0.3, 0.4) is 0 Å². The molecule has 0 aliphatic heterocycles. The zero-order chi connectivity index (χ0) is 20.2. The van der Waals surface area contributed by atoms with Gasteiger partial charge in [0.25, 0.3) is 5.91 Å². The first kappa shape index (κ1) is 21.2. The highest BCUT2D eigenvalue weighted by Gasteiger charge is 2.17. The van der Waals surface area contributed by atoms with Crippen molar-refractivity contribution in [3.63, 3.8) is 0 Å². The highest BCUT2D eigenvalue weighted by atomic mass is 35.5. The normalized spacial score (nSPS) is 11.1. The summed E-state index contributed by atoms with van der Waals surface area (Å²) in [5.41, 5.74) is 0.933. The van der Waals surface area contributed by atoms with Crippen LogP contribution in [0.25, 0.3) is 0 Å². The average Bonchev–Trinajstić information content (AvgIpc) is 2.66. The summed E-state index contributed by atoms with van der Waals surface area (Å²) in [5, 5.41) is 3.01. The molecule has 0 unspecified atom stereocenters. The predicted octanol–water partition coefficient (Wildman–Crippen LogP) is 3.01. The van der Waals surface area contributed by atoms with Gasteiger partial charge in [-0.15, -0.1) is 0 Å². The lowest BCUT2D eigenvalue weighted by atomic mass is 10.2. The second-order valence-corrected chi connectivity index (χ2v) is 8.08. The topological polar surface area (TPSA) is 102 Å². The Kier molecular flexibility index (Phi) is 6.83. The Bertz CT molecular complexity index is 993. The monoisotopic (exact) mass is 430 g/mol. The number of ether oxygens (including phenoxy) is 1. The van der Waals surface area contributed by atoms with Crippen LogP contribution in [0, 0.1) is 6.92 Å². The lowest BCUT2D eigenvalue weighted by molar-refractivity contribution is -0.119. The van der Waals surface area contributed by atoms with E-state index in [1.807, 2.05) is 0 Å². The maximum Gasteiger partial charge on any atom is 0.338 e. The van der Waals surface area contributed by atoms with Gasteiger partial charge in [0.2, 0.25) is 10.0 Å². The van der Waals surface area contributed by atoms with Crippen LogP contribution in [-0.2, 0) is 19.6 Å². The van der Waals surface area contributed by atoms with Gasteiger partial charge in [-0.05, 0) is 43.8 Å². The van der Waals surface area contributed by atoms with Gasteiger partial charge in [0.1, 0.15) is 0 Å². The third kappa shape index (κ3) is 5.20. The molecule has 0 aliphatic rings. The van der Waals surface area contributed by atoms with Gasteiger partial charge in [-0.3, -0.25) is 4.79 Å². The van der Waals surface area contributed by atoms with Crippen molar-refractivity contribution in [2.24, 2.45) is 0 Å². The van der Waals surface area contributed by atoms with E-state index in [1.165, 1.54) is 25.2 Å². The number of rotatable bonds is 6. The van der Waals surface area contributed by atoms with Crippen molar-refractivity contribution in [1.29, 1.82) is 0 Å². The number of anilines is 1. The Hall–Kier alpha value is -2.13. The molecule has 0 radical (unpaired) electrons. The van der Waals surface area contributed by atoms with Crippen molar-refractivity contribution < 1.29 is 22.7 Å². The first-order valence-electron chi connectivity index (χ1n) is 7.61. The van der Waals surface area contributed by atoms with Gasteiger partial charge in [0, 0.05) is 0 Å². The Labute approximate surface area is 166 Å². The maximum absolute atomic E-state index is 12.1. The minimum Gasteiger partial charge on any atom is -0.452 e. The van der Waals surface area contributed by atoms with Crippen molar-refractivity contribution in [1.82, 2.24) is 4.72 Å². The number of carbonyl (C=O) groups excluding carboxylic acids is 2. The Morgan fingerprint density at radius 2 is 1.85 bits per heavy atom. The summed E-state index contributed by atoms with van der Waals surface area (Å²) in [5.74, 6) is -1.49. The Morgan fingerprint density at radius 1 is 1.15 bits per heavy atom. The quantitative estimate of drug-likeness (QED) is 0.685. The molecule has 0 fully saturated rings. The van der Waals surface area contributed by atoms with E-state index in [-0.39, 0.29) is 26.2 Å². The van der Waals surface area contributed by atoms with E-state index in [0.717, 1.165) is 11.6 Å². The molecule has 0 saturated carbocycles. The summed E-state index contributed by atoms with van der Waals surface area (Å²) in [4.78, 5) is 24.0. The SMILES string of the molecule is CNS(=O)(=O)c1cccc(C(=O)OCC(=O)Nc2c(Cl)ccc(C)c2Cl)c1. The molecule has 0 aliphatic carbocycles. The van der Waals surface area contributed by atoms with E-state index in [2.05, 4.69) is 10.0 Å². The molecule has 0 saturated heterocycles. The molecule has 2 aromatic rings. The molecule has 27 heavy (non-hydrogen) atoms. The van der Waals surface area contributed by atoms with Crippen molar-refractivity contribution in [2.45, 2.75) is 11.8 Å². The highest BCUT2D eigenvalue weighted by molar-refractivity contribution is 7.89. The Morgan fingerprint density at radius 3 is 2.52 bits per heavy atom. The highest BCUT2D eigenvalue weighted by Crippen LogP contribution is 2.32. The van der Waals surface area contributed by atoms with Crippen LogP contribution in [-0.4, -0.2) is 33.9 Å². The van der Waals surface area contributed by atoms with Gasteiger partial charge in [-0.2, -0.15) is 0 Å². The third-order valence-electron chi connectivity index (χ3n) is 3.53. The lowest BCUT2D eigenvalue weighted by Gasteiger charge is -2.11. The van der Waals surface area contributed by atoms with E-state index in [1.54, 1.807) is 19.1 Å². The summed E-state index contributed by atoms with van der Waals surface area (Å²) in [7, 11) is -2.45. The molecule has 0 bridgehead atoms. The fourth-order valence-corrected chi connectivity index (χ4v) is 3.31. The van der Waals surface area contributed by atoms with Crippen LogP contribution < -0.4 is 10.0 Å². The smallest absolute Gasteiger partial charge is 0.338 e. The molecule has 0 spiro atoms. The molecule has 0 aromatic heterocycles. The maximum atomic E-state index is 12.1. The average molecular weight is 431 g/mol. The zero-order valence-corrected chi connectivity index (χ0v) is 16.7. The van der Waals surface area contributed by atoms with E-state index >= 15 is 0 Å². The van der Waals surface area contributed by atoms with Crippen molar-refractivity contribution in [3.05, 3.63) is 57.6 Å². The van der Waals surface area contributed by atoms with E-state index in [0.29, 0.717) is 0 Å². The number of esters is 1. The van der Waals surface area contributed by atoms with Gasteiger partial charge in [0.15, 0.2) is 6.61 Å². The van der Waals surface area contributed by atoms with E-state index < -0.39 is 28.5 Å². The Balaban J connectivity index is 2.05. The van der Waals surface area contributed by atoms with Crippen LogP contribution in [0.1, 0.15) is 15.9 Å². The van der Waals surface area contributed by atoms with Gasteiger partial charge in [-0.25, -0.2) is 17.9 Å². The van der Waals surface area contributed by atoms with Crippen LogP contribution in [0.4, 0.5) is 5.69 Å². The van der Waals surface area contributed by atoms with Gasteiger partial charge < -0.3 is 10.1 Å². The number of halogens is 2. The number of benzene rings is 2. The van der Waals surface area contributed by atoms with E-state index in [4.69, 9.17) is 27.9 Å². The molecule has 0 heterocycles. The van der Waals surface area contributed by atoms with Gasteiger partial charge in [-0.1, -0.05) is 35.3 Å². The van der Waals surface area contributed by atoms with Crippen LogP contribution in [0.5, 0.6) is 0 Å². The number of nitrogens with one attached hydrogen (secondary N) is 2. The summed E-state index contributed by atoms with van der Waals surface area (Å²) in [6.07, 6.45) is 0. The van der Waals surface area contributed by atoms with E-state index in [9.17, 15) is 18.0 Å². The first-order chi connectivity index (χ1) is 12.7. The summed E-state index contributed by atoms with van der Waals surface area (Å²) >= 11 is 12.1. The summed E-state index contributed by atoms with van der Waals surface area (Å²) in [6.45, 7) is 1.16. The van der Waals surface area contributed by atoms with Crippen LogP contribution in [0.15, 0.2) is 41.3 Å². The number of carbonyl (C=O) groups is 2. The number of hydrogen-bond donors (Lipinski definition) is 2. The van der Waals surface area contributed by atoms with Gasteiger partial charge in [0.05, 0.1) is 26.2 Å². The molecule has 2 rings (SSSR count). The fourth-order valence-electron chi connectivity index (χ4n) is 2.07. The standard InChI is InChI=1S/C17H16Cl2N2O5S/c1-10-6-7-13(18)16(15(10)19)21-14(22)9-26-17(23)11-4-3-5-12(8-11)27(24,25)20-2/h3-8,20H,9H2,1-2H3,(H,21,22). The third-order valence-corrected chi connectivity index (χ3v) is 5.75. The molecule has 2 aromatic carbocycles. The zero-order valence-electron chi connectivity index (χ0n) is 14.4. The van der Waals surface area contributed by atoms with Crippen molar-refractivity contribution in [2.75, 3.05) is 19.0 Å². The number of aryl methyl sites for hydroxylation is 1. The second-order valence-electron chi connectivity index (χ2n) is 5.41. The van der Waals surface area contributed by atoms with Crippen molar-refractivity contribution >= 4 is 50.8 Å². The minimum absolute atomic E-state index is 0.00857. The van der Waals surface area contributed by atoms with Gasteiger partial charge >= 0.3 is 5.97 Å². The minimum atomic E-state index is -3.71. The largest absolute Gasteiger partial charge is 0.452 e. The molecule has 10 heteroatoms. The molecular weight excluding hydrogens is 415 g/mol. The second kappa shape index (κ2) is 8.71. The molecule has 1 amide bonds. The predicted molar refractivity (Wildman–Crippen MR) is 103 cm³/mol. The first-order valence-corrected chi connectivity index (χ1v) is 9.85. The summed E-state index contributed by atoms with van der Waals surface area (Å²) < 4.78 is 30.6. The molecule has 2 N–H and O–H groups in total. The molecule has 7 nitrogen and oxygen atoms in total. The summed E-state index contributed by atoms with van der Waals surface area (Å²) in [6, 6.07) is 8.54. The van der Waals surface area contributed by atoms with Crippen LogP contribution in [0.2, 0.25) is 10.0 Å². The fraction of sp³-hybridized carbons (Fsp3) is 0.176. The van der Waals surface area contributed by atoms with Crippen LogP contribution >= 0.6 is 23.2 Å². The number of amides is 1. The number of sulfonamides is 1. The van der Waals surface area contributed by atoms with Crippen molar-refractivity contribution in [3.8, 4) is 0 Å².